The van der Waals surface area contributed by atoms with Gasteiger partial charge in [0, 0.05) is 11.6 Å². The summed E-state index contributed by atoms with van der Waals surface area (Å²) in [6.45, 7) is 0.183. The lowest BCUT2D eigenvalue weighted by molar-refractivity contribution is 0.295. The lowest BCUT2D eigenvalue weighted by Gasteiger charge is -2.09. The Morgan fingerprint density at radius 2 is 1.88 bits per heavy atom. The number of para-hydroxylation sites is 1. The summed E-state index contributed by atoms with van der Waals surface area (Å²) < 4.78 is 7.45. The molecular formula is C17H11Cl2N5O. The molecular weight excluding hydrogens is 361 g/mol. The third-order valence-corrected chi connectivity index (χ3v) is 4.37. The van der Waals surface area contributed by atoms with Crippen molar-refractivity contribution in [3.05, 3.63) is 70.6 Å². The van der Waals surface area contributed by atoms with Crippen molar-refractivity contribution in [2.75, 3.05) is 0 Å². The molecule has 4 aromatic rings. The molecule has 0 unspecified atom stereocenters. The summed E-state index contributed by atoms with van der Waals surface area (Å²) in [5.74, 6) is 1.20. The van der Waals surface area contributed by atoms with Crippen LogP contribution in [0.5, 0.6) is 5.75 Å². The van der Waals surface area contributed by atoms with Gasteiger partial charge in [-0.3, -0.25) is 4.98 Å². The van der Waals surface area contributed by atoms with Gasteiger partial charge in [-0.15, -0.1) is 5.10 Å². The van der Waals surface area contributed by atoms with Crippen LogP contribution in [0.2, 0.25) is 10.0 Å². The van der Waals surface area contributed by atoms with E-state index in [1.165, 1.54) is 0 Å². The molecule has 6 nitrogen and oxygen atoms in total. The van der Waals surface area contributed by atoms with E-state index in [1.54, 1.807) is 29.1 Å². The highest BCUT2D eigenvalue weighted by Gasteiger charge is 2.12. The van der Waals surface area contributed by atoms with Gasteiger partial charge in [-0.1, -0.05) is 41.4 Å². The van der Waals surface area contributed by atoms with Crippen molar-refractivity contribution in [1.82, 2.24) is 25.2 Å². The largest absolute Gasteiger partial charge is 0.483 e. The molecule has 8 heteroatoms. The Morgan fingerprint density at radius 1 is 1.00 bits per heavy atom. The van der Waals surface area contributed by atoms with Crippen LogP contribution in [0.15, 0.2) is 54.7 Å². The zero-order valence-corrected chi connectivity index (χ0v) is 14.3. The highest BCUT2D eigenvalue weighted by atomic mass is 35.5. The van der Waals surface area contributed by atoms with Crippen molar-refractivity contribution < 1.29 is 4.74 Å². The van der Waals surface area contributed by atoms with E-state index in [-0.39, 0.29) is 6.61 Å². The Hall–Kier alpha value is -2.70. The quantitative estimate of drug-likeness (QED) is 0.540. The monoisotopic (exact) mass is 371 g/mol. The minimum atomic E-state index is 0.183. The predicted octanol–water partition coefficient (Wildman–Crippen LogP) is 4.10. The summed E-state index contributed by atoms with van der Waals surface area (Å²) in [4.78, 5) is 4.37. The summed E-state index contributed by atoms with van der Waals surface area (Å²) in [5.41, 5.74) is 1.49. The summed E-state index contributed by atoms with van der Waals surface area (Å²) in [6, 6.07) is 14.8. The fraction of sp³-hybridized carbons (Fsp3) is 0.0588. The van der Waals surface area contributed by atoms with Crippen LogP contribution in [0.25, 0.3) is 16.6 Å². The van der Waals surface area contributed by atoms with Crippen LogP contribution in [-0.4, -0.2) is 25.2 Å². The molecule has 0 N–H and O–H groups in total. The molecule has 4 rings (SSSR count). The molecule has 2 heterocycles. The first-order chi connectivity index (χ1) is 12.2. The normalized spacial score (nSPS) is 11.0. The number of nitrogens with zero attached hydrogens (tertiary/aromatic N) is 5. The number of benzene rings is 2. The summed E-state index contributed by atoms with van der Waals surface area (Å²) in [5, 5.41) is 13.6. The molecule has 0 atom stereocenters. The number of tetrazole rings is 1. The molecule has 25 heavy (non-hydrogen) atoms. The molecule has 0 fully saturated rings. The first-order valence-corrected chi connectivity index (χ1v) is 8.17. The van der Waals surface area contributed by atoms with Crippen LogP contribution in [0, 0.1) is 0 Å². The van der Waals surface area contributed by atoms with Gasteiger partial charge in [-0.25, -0.2) is 0 Å². The second-order valence-corrected chi connectivity index (χ2v) is 6.04. The van der Waals surface area contributed by atoms with Gasteiger partial charge in [0.15, 0.2) is 5.82 Å². The van der Waals surface area contributed by atoms with Crippen LogP contribution in [-0.2, 0) is 6.61 Å². The van der Waals surface area contributed by atoms with E-state index in [0.29, 0.717) is 27.3 Å². The summed E-state index contributed by atoms with van der Waals surface area (Å²) in [6.07, 6.45) is 1.73. The first kappa shape index (κ1) is 15.8. The predicted molar refractivity (Wildman–Crippen MR) is 95.2 cm³/mol. The third kappa shape index (κ3) is 3.14. The topological polar surface area (TPSA) is 65.7 Å². The number of rotatable bonds is 4. The van der Waals surface area contributed by atoms with Gasteiger partial charge in [0.25, 0.3) is 0 Å². The van der Waals surface area contributed by atoms with E-state index in [0.717, 1.165) is 10.9 Å². The SMILES string of the molecule is Clc1ccc(-n2nnnc2COc2cccc3cccnc23)cc1Cl. The average molecular weight is 372 g/mol. The number of fused-ring (bicyclic) bond motifs is 1. The smallest absolute Gasteiger partial charge is 0.194 e. The van der Waals surface area contributed by atoms with Crippen molar-refractivity contribution >= 4 is 34.1 Å². The minimum Gasteiger partial charge on any atom is -0.483 e. The lowest BCUT2D eigenvalue weighted by atomic mass is 10.2. The van der Waals surface area contributed by atoms with Crippen molar-refractivity contribution in [3.8, 4) is 11.4 Å². The van der Waals surface area contributed by atoms with Gasteiger partial charge in [0.2, 0.25) is 0 Å². The highest BCUT2D eigenvalue weighted by molar-refractivity contribution is 6.42. The maximum Gasteiger partial charge on any atom is 0.194 e. The minimum absolute atomic E-state index is 0.183. The zero-order chi connectivity index (χ0) is 17.2. The Morgan fingerprint density at radius 3 is 2.76 bits per heavy atom. The average Bonchev–Trinajstić information content (AvgIpc) is 3.11. The second kappa shape index (κ2) is 6.66. The molecule has 0 amide bonds. The number of hydrogen-bond donors (Lipinski definition) is 0. The van der Waals surface area contributed by atoms with E-state index < -0.39 is 0 Å². The molecule has 0 aliphatic heterocycles. The molecule has 124 valence electrons. The van der Waals surface area contributed by atoms with Crippen molar-refractivity contribution in [2.45, 2.75) is 6.61 Å². The van der Waals surface area contributed by atoms with Crippen molar-refractivity contribution in [1.29, 1.82) is 0 Å². The maximum absolute atomic E-state index is 6.07. The van der Waals surface area contributed by atoms with E-state index in [1.807, 2.05) is 30.3 Å². The van der Waals surface area contributed by atoms with Crippen LogP contribution in [0.4, 0.5) is 0 Å². The molecule has 0 spiro atoms. The Kier molecular flexibility index (Phi) is 4.21. The Balaban J connectivity index is 1.62. The molecule has 0 aliphatic carbocycles. The third-order valence-electron chi connectivity index (χ3n) is 3.63. The van der Waals surface area contributed by atoms with Gasteiger partial charge >= 0.3 is 0 Å². The first-order valence-electron chi connectivity index (χ1n) is 7.41. The number of aromatic nitrogens is 5. The summed E-state index contributed by atoms with van der Waals surface area (Å²) >= 11 is 12.0. The van der Waals surface area contributed by atoms with Crippen LogP contribution in [0.1, 0.15) is 5.82 Å². The van der Waals surface area contributed by atoms with E-state index in [4.69, 9.17) is 27.9 Å². The van der Waals surface area contributed by atoms with E-state index in [9.17, 15) is 0 Å². The molecule has 0 aliphatic rings. The Labute approximate surface area is 153 Å². The Bertz CT molecular complexity index is 1040. The number of hydrogen-bond acceptors (Lipinski definition) is 5. The maximum atomic E-state index is 6.07. The fourth-order valence-electron chi connectivity index (χ4n) is 2.45. The lowest BCUT2D eigenvalue weighted by Crippen LogP contribution is -2.07. The number of pyridine rings is 1. The van der Waals surface area contributed by atoms with Crippen LogP contribution >= 0.6 is 23.2 Å². The zero-order valence-electron chi connectivity index (χ0n) is 12.8. The molecule has 2 aromatic heterocycles. The number of ether oxygens (including phenoxy) is 1. The van der Waals surface area contributed by atoms with Gasteiger partial charge in [-0.05, 0) is 40.8 Å². The van der Waals surface area contributed by atoms with Crippen molar-refractivity contribution in [3.63, 3.8) is 0 Å². The second-order valence-electron chi connectivity index (χ2n) is 5.23. The van der Waals surface area contributed by atoms with Gasteiger partial charge < -0.3 is 4.74 Å². The van der Waals surface area contributed by atoms with Crippen molar-refractivity contribution in [2.24, 2.45) is 0 Å². The highest BCUT2D eigenvalue weighted by Crippen LogP contribution is 2.26. The van der Waals surface area contributed by atoms with Gasteiger partial charge in [0.1, 0.15) is 17.9 Å². The summed E-state index contributed by atoms with van der Waals surface area (Å²) in [7, 11) is 0. The molecule has 0 saturated carbocycles. The standard InChI is InChI=1S/C17H11Cl2N5O/c18-13-7-6-12(9-14(13)19)24-16(21-22-23-24)10-25-15-5-1-3-11-4-2-8-20-17(11)15/h1-9H,10H2. The van der Waals surface area contributed by atoms with E-state index >= 15 is 0 Å². The molecule has 2 aromatic carbocycles. The molecule has 0 bridgehead atoms. The van der Waals surface area contributed by atoms with Crippen LogP contribution in [0.3, 0.4) is 0 Å². The number of halogens is 2. The molecule has 0 saturated heterocycles. The van der Waals surface area contributed by atoms with Gasteiger partial charge in [0.05, 0.1) is 15.7 Å². The van der Waals surface area contributed by atoms with Crippen LogP contribution < -0.4 is 4.74 Å². The van der Waals surface area contributed by atoms with Gasteiger partial charge in [-0.2, -0.15) is 4.68 Å². The fourth-order valence-corrected chi connectivity index (χ4v) is 2.74. The molecule has 0 radical (unpaired) electrons. The van der Waals surface area contributed by atoms with E-state index in [2.05, 4.69) is 20.5 Å².